The maximum Gasteiger partial charge on any atom is 0.166 e. The molecule has 3 aromatic rings. The van der Waals surface area contributed by atoms with Crippen LogP contribution >= 0.6 is 23.4 Å². The number of rotatable bonds is 9. The summed E-state index contributed by atoms with van der Waals surface area (Å²) in [5.41, 5.74) is 3.88. The smallest absolute Gasteiger partial charge is 0.166 e. The minimum Gasteiger partial charge on any atom is -0.491 e. The lowest BCUT2D eigenvalue weighted by molar-refractivity contribution is 0.0425. The topological polar surface area (TPSA) is 60.0 Å². The van der Waals surface area contributed by atoms with Gasteiger partial charge in [0, 0.05) is 22.5 Å². The number of hydrogen-bond donors (Lipinski definition) is 1. The number of H-pyrrole nitrogens is 1. The zero-order valence-corrected chi connectivity index (χ0v) is 17.4. The van der Waals surface area contributed by atoms with Crippen LogP contribution in [0.3, 0.4) is 0 Å². The van der Waals surface area contributed by atoms with Gasteiger partial charge in [-0.25, -0.2) is 4.98 Å². The molecule has 0 amide bonds. The number of aromatic nitrogens is 3. The van der Waals surface area contributed by atoms with Crippen molar-refractivity contribution in [3.63, 3.8) is 0 Å². The largest absolute Gasteiger partial charge is 0.491 e. The molecule has 1 N–H and O–H groups in total. The molecule has 0 saturated heterocycles. The SMILES string of the molecule is CCC(C)OCCOc1ccnc(CSc2nc3cc(Cl)ccc3[nH]2)c1C. The molecule has 144 valence electrons. The van der Waals surface area contributed by atoms with E-state index in [-0.39, 0.29) is 6.10 Å². The molecular weight excluding hydrogens is 382 g/mol. The van der Waals surface area contributed by atoms with Crippen LogP contribution in [0.4, 0.5) is 0 Å². The molecule has 2 aromatic heterocycles. The second-order valence-electron chi connectivity index (χ2n) is 6.31. The number of fused-ring (bicyclic) bond motifs is 1. The van der Waals surface area contributed by atoms with Gasteiger partial charge in [-0.1, -0.05) is 30.3 Å². The van der Waals surface area contributed by atoms with Crippen LogP contribution in [0.25, 0.3) is 11.0 Å². The van der Waals surface area contributed by atoms with Crippen molar-refractivity contribution in [3.05, 3.63) is 46.7 Å². The van der Waals surface area contributed by atoms with Gasteiger partial charge >= 0.3 is 0 Å². The van der Waals surface area contributed by atoms with Crippen molar-refractivity contribution in [1.82, 2.24) is 15.0 Å². The van der Waals surface area contributed by atoms with E-state index in [0.717, 1.165) is 39.6 Å². The fourth-order valence-corrected chi connectivity index (χ4v) is 3.62. The molecule has 7 heteroatoms. The van der Waals surface area contributed by atoms with Crippen LogP contribution < -0.4 is 4.74 Å². The molecule has 1 atom stereocenters. The molecule has 1 unspecified atom stereocenters. The van der Waals surface area contributed by atoms with E-state index in [1.165, 1.54) is 0 Å². The lowest BCUT2D eigenvalue weighted by Gasteiger charge is -2.13. The Kier molecular flexibility index (Phi) is 6.99. The Morgan fingerprint density at radius 1 is 1.26 bits per heavy atom. The fourth-order valence-electron chi connectivity index (χ4n) is 2.54. The monoisotopic (exact) mass is 405 g/mol. The van der Waals surface area contributed by atoms with E-state index in [9.17, 15) is 0 Å². The molecule has 0 aliphatic heterocycles. The number of benzene rings is 1. The summed E-state index contributed by atoms with van der Waals surface area (Å²) in [6, 6.07) is 7.55. The third-order valence-electron chi connectivity index (χ3n) is 4.35. The summed E-state index contributed by atoms with van der Waals surface area (Å²) < 4.78 is 11.5. The number of ether oxygens (including phenoxy) is 2. The highest BCUT2D eigenvalue weighted by molar-refractivity contribution is 7.98. The third-order valence-corrected chi connectivity index (χ3v) is 5.47. The van der Waals surface area contributed by atoms with Gasteiger partial charge in [-0.05, 0) is 44.5 Å². The van der Waals surface area contributed by atoms with Crippen LogP contribution in [0.5, 0.6) is 5.75 Å². The Labute approximate surface area is 168 Å². The van der Waals surface area contributed by atoms with E-state index in [1.54, 1.807) is 18.0 Å². The molecule has 2 heterocycles. The molecule has 0 aliphatic carbocycles. The van der Waals surface area contributed by atoms with Gasteiger partial charge in [0.15, 0.2) is 5.16 Å². The minimum absolute atomic E-state index is 0.262. The Hall–Kier alpha value is -1.76. The molecule has 3 rings (SSSR count). The first kappa shape index (κ1) is 20.0. The van der Waals surface area contributed by atoms with Gasteiger partial charge in [0.25, 0.3) is 0 Å². The zero-order chi connectivity index (χ0) is 19.2. The van der Waals surface area contributed by atoms with Crippen molar-refractivity contribution in [2.75, 3.05) is 13.2 Å². The lowest BCUT2D eigenvalue weighted by atomic mass is 10.2. The summed E-state index contributed by atoms with van der Waals surface area (Å²) in [6.07, 6.45) is 3.05. The minimum atomic E-state index is 0.262. The number of nitrogens with zero attached hydrogens (tertiary/aromatic N) is 2. The van der Waals surface area contributed by atoms with E-state index in [4.69, 9.17) is 21.1 Å². The van der Waals surface area contributed by atoms with Crippen LogP contribution in [0.2, 0.25) is 5.02 Å². The Morgan fingerprint density at radius 2 is 2.11 bits per heavy atom. The fraction of sp³-hybridized carbons (Fsp3) is 0.400. The highest BCUT2D eigenvalue weighted by Gasteiger charge is 2.10. The van der Waals surface area contributed by atoms with Gasteiger partial charge in [0.05, 0.1) is 29.4 Å². The van der Waals surface area contributed by atoms with Crippen molar-refractivity contribution < 1.29 is 9.47 Å². The number of thioether (sulfide) groups is 1. The van der Waals surface area contributed by atoms with Gasteiger partial charge in [0.1, 0.15) is 12.4 Å². The van der Waals surface area contributed by atoms with Crippen molar-refractivity contribution in [2.45, 2.75) is 44.2 Å². The summed E-state index contributed by atoms with van der Waals surface area (Å²) in [7, 11) is 0. The van der Waals surface area contributed by atoms with Crippen LogP contribution in [-0.4, -0.2) is 34.3 Å². The van der Waals surface area contributed by atoms with Crippen LogP contribution in [0.1, 0.15) is 31.5 Å². The first-order chi connectivity index (χ1) is 13.1. The normalized spacial score (nSPS) is 12.4. The van der Waals surface area contributed by atoms with Gasteiger partial charge in [-0.15, -0.1) is 0 Å². The van der Waals surface area contributed by atoms with Gasteiger partial charge in [-0.2, -0.15) is 0 Å². The first-order valence-electron chi connectivity index (χ1n) is 9.03. The Bertz CT molecular complexity index is 900. The molecule has 0 fully saturated rings. The molecule has 5 nitrogen and oxygen atoms in total. The number of aromatic amines is 1. The Balaban J connectivity index is 1.59. The predicted molar refractivity (Wildman–Crippen MR) is 111 cm³/mol. The summed E-state index contributed by atoms with van der Waals surface area (Å²) in [5, 5.41) is 1.53. The maximum absolute atomic E-state index is 6.02. The number of halogens is 1. The molecule has 27 heavy (non-hydrogen) atoms. The Morgan fingerprint density at radius 3 is 2.93 bits per heavy atom. The summed E-state index contributed by atoms with van der Waals surface area (Å²) in [4.78, 5) is 12.4. The number of imidazole rings is 1. The van der Waals surface area contributed by atoms with Crippen LogP contribution in [0, 0.1) is 6.92 Å². The zero-order valence-electron chi connectivity index (χ0n) is 15.8. The molecule has 1 aromatic carbocycles. The van der Waals surface area contributed by atoms with E-state index >= 15 is 0 Å². The van der Waals surface area contributed by atoms with Gasteiger partial charge < -0.3 is 14.5 Å². The van der Waals surface area contributed by atoms with E-state index in [2.05, 4.69) is 28.8 Å². The summed E-state index contributed by atoms with van der Waals surface area (Å²) in [6.45, 7) is 7.33. The maximum atomic E-state index is 6.02. The van der Waals surface area contributed by atoms with E-state index < -0.39 is 0 Å². The molecule has 0 bridgehead atoms. The van der Waals surface area contributed by atoms with Gasteiger partial charge in [-0.3, -0.25) is 4.98 Å². The third kappa shape index (κ3) is 5.37. The predicted octanol–water partition coefficient (Wildman–Crippen LogP) is 5.41. The second kappa shape index (κ2) is 9.44. The number of pyridine rings is 1. The molecule has 0 aliphatic rings. The van der Waals surface area contributed by atoms with Crippen molar-refractivity contribution in [1.29, 1.82) is 0 Å². The average molecular weight is 406 g/mol. The summed E-state index contributed by atoms with van der Waals surface area (Å²) >= 11 is 7.63. The average Bonchev–Trinajstić information content (AvgIpc) is 3.07. The standard InChI is InChI=1S/C20H24ClN3O2S/c1-4-13(2)25-9-10-26-19-7-8-22-18(14(19)3)12-27-20-23-16-6-5-15(21)11-17(16)24-20/h5-8,11,13H,4,9-10,12H2,1-3H3,(H,23,24). The van der Waals surface area contributed by atoms with Crippen molar-refractivity contribution >= 4 is 34.4 Å². The number of nitrogens with one attached hydrogen (secondary N) is 1. The highest BCUT2D eigenvalue weighted by Crippen LogP contribution is 2.27. The van der Waals surface area contributed by atoms with E-state index in [0.29, 0.717) is 24.0 Å². The molecule has 0 saturated carbocycles. The van der Waals surface area contributed by atoms with Crippen molar-refractivity contribution in [3.8, 4) is 5.75 Å². The van der Waals surface area contributed by atoms with Crippen LogP contribution in [0.15, 0.2) is 35.6 Å². The lowest BCUT2D eigenvalue weighted by Crippen LogP contribution is -2.13. The molecule has 0 radical (unpaired) electrons. The molecule has 0 spiro atoms. The first-order valence-corrected chi connectivity index (χ1v) is 10.4. The second-order valence-corrected chi connectivity index (χ2v) is 7.71. The van der Waals surface area contributed by atoms with E-state index in [1.807, 2.05) is 31.2 Å². The van der Waals surface area contributed by atoms with Crippen LogP contribution in [-0.2, 0) is 10.5 Å². The highest BCUT2D eigenvalue weighted by atomic mass is 35.5. The summed E-state index contributed by atoms with van der Waals surface area (Å²) in [5.74, 6) is 1.56. The quantitative estimate of drug-likeness (QED) is 0.381. The van der Waals surface area contributed by atoms with Crippen molar-refractivity contribution in [2.24, 2.45) is 0 Å². The van der Waals surface area contributed by atoms with Gasteiger partial charge in [0.2, 0.25) is 0 Å². The number of hydrogen-bond acceptors (Lipinski definition) is 5. The molecular formula is C20H24ClN3O2S.